The summed E-state index contributed by atoms with van der Waals surface area (Å²) in [5.41, 5.74) is 2.86. The van der Waals surface area contributed by atoms with E-state index in [0.29, 0.717) is 22.8 Å². The molecule has 0 saturated carbocycles. The van der Waals surface area contributed by atoms with Crippen LogP contribution in [0.25, 0.3) is 10.9 Å². The van der Waals surface area contributed by atoms with Gasteiger partial charge in [0.25, 0.3) is 0 Å². The van der Waals surface area contributed by atoms with Crippen molar-refractivity contribution in [3.05, 3.63) is 77.0 Å². The van der Waals surface area contributed by atoms with E-state index in [4.69, 9.17) is 11.6 Å². The first-order valence-corrected chi connectivity index (χ1v) is 7.84. The van der Waals surface area contributed by atoms with E-state index in [1.165, 1.54) is 0 Å². The molecule has 3 nitrogen and oxygen atoms in total. The van der Waals surface area contributed by atoms with E-state index in [-0.39, 0.29) is 5.78 Å². The van der Waals surface area contributed by atoms with E-state index in [9.17, 15) is 4.79 Å². The van der Waals surface area contributed by atoms with Gasteiger partial charge in [0.15, 0.2) is 0 Å². The molecule has 0 atom stereocenters. The molecule has 0 spiro atoms. The lowest BCUT2D eigenvalue weighted by molar-refractivity contribution is 0.103. The van der Waals surface area contributed by atoms with Gasteiger partial charge in [-0.05, 0) is 25.1 Å². The molecule has 0 aliphatic rings. The highest BCUT2D eigenvalue weighted by Gasteiger charge is 2.18. The predicted octanol–water partition coefficient (Wildman–Crippen LogP) is 5.04. The SMILES string of the molecule is C/C=C/CNc1c(C(=O)c2ccccc2)[nH]c2cc(Cl)ccc12. The zero-order chi connectivity index (χ0) is 16.2. The summed E-state index contributed by atoms with van der Waals surface area (Å²) in [5.74, 6) is -0.0408. The third-order valence-electron chi connectivity index (χ3n) is 3.66. The molecule has 2 N–H and O–H groups in total. The van der Waals surface area contributed by atoms with Crippen LogP contribution in [0, 0.1) is 0 Å². The maximum atomic E-state index is 12.8. The van der Waals surface area contributed by atoms with Crippen molar-refractivity contribution in [1.82, 2.24) is 4.98 Å². The van der Waals surface area contributed by atoms with Crippen molar-refractivity contribution < 1.29 is 4.79 Å². The van der Waals surface area contributed by atoms with Crippen molar-refractivity contribution in [1.29, 1.82) is 0 Å². The Hall–Kier alpha value is -2.52. The van der Waals surface area contributed by atoms with E-state index in [1.807, 2.05) is 67.6 Å². The van der Waals surface area contributed by atoms with Gasteiger partial charge in [0.2, 0.25) is 5.78 Å². The number of aromatic amines is 1. The molecule has 0 unspecified atom stereocenters. The number of halogens is 1. The molecule has 3 aromatic rings. The standard InChI is InChI=1S/C19H17ClN2O/c1-2-3-11-21-17-15-10-9-14(20)12-16(15)22-18(17)19(23)13-7-5-4-6-8-13/h2-10,12,21-22H,11H2,1H3/b3-2+. The number of carbonyl (C=O) groups is 1. The fourth-order valence-corrected chi connectivity index (χ4v) is 2.71. The summed E-state index contributed by atoms with van der Waals surface area (Å²) in [6.07, 6.45) is 3.98. The number of fused-ring (bicyclic) bond motifs is 1. The molecule has 0 saturated heterocycles. The minimum absolute atomic E-state index is 0.0408. The van der Waals surface area contributed by atoms with Gasteiger partial charge in [-0.2, -0.15) is 0 Å². The molecule has 3 rings (SSSR count). The number of aromatic nitrogens is 1. The number of hydrogen-bond acceptors (Lipinski definition) is 2. The third-order valence-corrected chi connectivity index (χ3v) is 3.89. The summed E-state index contributed by atoms with van der Waals surface area (Å²) in [6.45, 7) is 2.62. The van der Waals surface area contributed by atoms with E-state index in [0.717, 1.165) is 16.6 Å². The summed E-state index contributed by atoms with van der Waals surface area (Å²) in [5, 5.41) is 4.92. The smallest absolute Gasteiger partial charge is 0.211 e. The molecule has 0 radical (unpaired) electrons. The molecular weight excluding hydrogens is 308 g/mol. The summed E-state index contributed by atoms with van der Waals surface area (Å²) in [7, 11) is 0. The maximum absolute atomic E-state index is 12.8. The average Bonchev–Trinajstić information content (AvgIpc) is 2.93. The fourth-order valence-electron chi connectivity index (χ4n) is 2.54. The Balaban J connectivity index is 2.10. The van der Waals surface area contributed by atoms with Gasteiger partial charge in [-0.3, -0.25) is 4.79 Å². The molecule has 0 aliphatic carbocycles. The van der Waals surface area contributed by atoms with E-state index < -0.39 is 0 Å². The van der Waals surface area contributed by atoms with Crippen LogP contribution in [0.2, 0.25) is 5.02 Å². The topological polar surface area (TPSA) is 44.9 Å². The summed E-state index contributed by atoms with van der Waals surface area (Å²) >= 11 is 6.07. The lowest BCUT2D eigenvalue weighted by Crippen LogP contribution is -2.07. The van der Waals surface area contributed by atoms with Gasteiger partial charge >= 0.3 is 0 Å². The minimum atomic E-state index is -0.0408. The van der Waals surface area contributed by atoms with Gasteiger partial charge in [-0.1, -0.05) is 54.1 Å². The van der Waals surface area contributed by atoms with Crippen LogP contribution in [0.4, 0.5) is 5.69 Å². The average molecular weight is 325 g/mol. The highest BCUT2D eigenvalue weighted by atomic mass is 35.5. The Kier molecular flexibility index (Phi) is 4.49. The van der Waals surface area contributed by atoms with Gasteiger partial charge in [-0.15, -0.1) is 0 Å². The number of hydrogen-bond donors (Lipinski definition) is 2. The quantitative estimate of drug-likeness (QED) is 0.510. The zero-order valence-electron chi connectivity index (χ0n) is 12.8. The monoisotopic (exact) mass is 324 g/mol. The number of H-pyrrole nitrogens is 1. The van der Waals surface area contributed by atoms with Crippen molar-refractivity contribution >= 4 is 34.0 Å². The summed E-state index contributed by atoms with van der Waals surface area (Å²) in [4.78, 5) is 16.0. The molecule has 0 amide bonds. The Labute approximate surface area is 140 Å². The maximum Gasteiger partial charge on any atom is 0.211 e. The molecule has 4 heteroatoms. The highest BCUT2D eigenvalue weighted by molar-refractivity contribution is 6.31. The molecule has 2 aromatic carbocycles. The minimum Gasteiger partial charge on any atom is -0.379 e. The second kappa shape index (κ2) is 6.71. The molecule has 1 aromatic heterocycles. The van der Waals surface area contributed by atoms with Crippen LogP contribution in [0.5, 0.6) is 0 Å². The van der Waals surface area contributed by atoms with Crippen molar-refractivity contribution in [2.75, 3.05) is 11.9 Å². The molecule has 1 heterocycles. The molecule has 0 fully saturated rings. The first-order valence-electron chi connectivity index (χ1n) is 7.46. The normalized spacial score (nSPS) is 11.2. The number of rotatable bonds is 5. The van der Waals surface area contributed by atoms with Gasteiger partial charge < -0.3 is 10.3 Å². The van der Waals surface area contributed by atoms with E-state index in [1.54, 1.807) is 0 Å². The summed E-state index contributed by atoms with van der Waals surface area (Å²) < 4.78 is 0. The van der Waals surface area contributed by atoms with Gasteiger partial charge in [0.1, 0.15) is 5.69 Å². The molecule has 0 aliphatic heterocycles. The lowest BCUT2D eigenvalue weighted by Gasteiger charge is -2.06. The lowest BCUT2D eigenvalue weighted by atomic mass is 10.1. The number of benzene rings is 2. The Bertz CT molecular complexity index is 866. The first-order chi connectivity index (χ1) is 11.2. The number of ketones is 1. The Morgan fingerprint density at radius 3 is 2.74 bits per heavy atom. The van der Waals surface area contributed by atoms with Crippen LogP contribution in [0.15, 0.2) is 60.7 Å². The number of anilines is 1. The van der Waals surface area contributed by atoms with Gasteiger partial charge in [0.05, 0.1) is 5.69 Å². The molecule has 0 bridgehead atoms. The van der Waals surface area contributed by atoms with Crippen molar-refractivity contribution in [3.8, 4) is 0 Å². The highest BCUT2D eigenvalue weighted by Crippen LogP contribution is 2.31. The van der Waals surface area contributed by atoms with Crippen LogP contribution < -0.4 is 5.32 Å². The van der Waals surface area contributed by atoms with Crippen molar-refractivity contribution in [2.45, 2.75) is 6.92 Å². The second-order valence-corrected chi connectivity index (χ2v) is 5.65. The first kappa shape index (κ1) is 15.4. The van der Waals surface area contributed by atoms with Crippen molar-refractivity contribution in [3.63, 3.8) is 0 Å². The van der Waals surface area contributed by atoms with Gasteiger partial charge in [0, 0.05) is 28.0 Å². The third kappa shape index (κ3) is 3.15. The Morgan fingerprint density at radius 1 is 1.22 bits per heavy atom. The zero-order valence-corrected chi connectivity index (χ0v) is 13.5. The number of allylic oxidation sites excluding steroid dienone is 1. The van der Waals surface area contributed by atoms with Crippen LogP contribution in [-0.2, 0) is 0 Å². The van der Waals surface area contributed by atoms with Crippen LogP contribution >= 0.6 is 11.6 Å². The van der Waals surface area contributed by atoms with Gasteiger partial charge in [-0.25, -0.2) is 0 Å². The molecule has 23 heavy (non-hydrogen) atoms. The Morgan fingerprint density at radius 2 is 2.00 bits per heavy atom. The van der Waals surface area contributed by atoms with Crippen LogP contribution in [0.3, 0.4) is 0 Å². The largest absolute Gasteiger partial charge is 0.379 e. The molecular formula is C19H17ClN2O. The fraction of sp³-hybridized carbons (Fsp3) is 0.105. The van der Waals surface area contributed by atoms with Crippen molar-refractivity contribution in [2.24, 2.45) is 0 Å². The van der Waals surface area contributed by atoms with Crippen LogP contribution in [0.1, 0.15) is 23.0 Å². The second-order valence-electron chi connectivity index (χ2n) is 5.21. The van der Waals surface area contributed by atoms with E-state index >= 15 is 0 Å². The predicted molar refractivity (Wildman–Crippen MR) is 96.5 cm³/mol. The summed E-state index contributed by atoms with van der Waals surface area (Å²) in [6, 6.07) is 14.8. The number of carbonyl (C=O) groups excluding carboxylic acids is 1. The molecule has 116 valence electrons. The number of nitrogens with one attached hydrogen (secondary N) is 2. The van der Waals surface area contributed by atoms with Crippen LogP contribution in [-0.4, -0.2) is 17.3 Å². The van der Waals surface area contributed by atoms with E-state index in [2.05, 4.69) is 10.3 Å².